The maximum Gasteiger partial charge on any atom is 0.228 e. The summed E-state index contributed by atoms with van der Waals surface area (Å²) in [6, 6.07) is 2.74. The number of aryl methyl sites for hydroxylation is 1. The largest absolute Gasteiger partial charge is 0.310 e. The van der Waals surface area contributed by atoms with Gasteiger partial charge in [-0.15, -0.1) is 0 Å². The molecule has 1 aromatic rings. The van der Waals surface area contributed by atoms with Gasteiger partial charge >= 0.3 is 0 Å². The standard InChI is InChI=1S/C10H13FN2O/c1-6(2)10(14)13-9-5-4-8(11)7(3)12-9/h4-6H,1-3H3,(H,12,13,14). The summed E-state index contributed by atoms with van der Waals surface area (Å²) < 4.78 is 12.8. The van der Waals surface area contributed by atoms with Crippen LogP contribution < -0.4 is 5.32 Å². The van der Waals surface area contributed by atoms with Crippen molar-refractivity contribution in [2.75, 3.05) is 5.32 Å². The Balaban J connectivity index is 2.78. The fourth-order valence-electron chi connectivity index (χ4n) is 0.884. The fraction of sp³-hybridized carbons (Fsp3) is 0.400. The second-order valence-corrected chi connectivity index (χ2v) is 3.41. The minimum absolute atomic E-state index is 0.109. The predicted molar refractivity (Wildman–Crippen MR) is 52.4 cm³/mol. The number of amides is 1. The molecular formula is C10H13FN2O. The van der Waals surface area contributed by atoms with Gasteiger partial charge in [0.15, 0.2) is 0 Å². The van der Waals surface area contributed by atoms with Gasteiger partial charge in [-0.2, -0.15) is 0 Å². The molecule has 0 aliphatic heterocycles. The van der Waals surface area contributed by atoms with Gasteiger partial charge in [0.25, 0.3) is 0 Å². The lowest BCUT2D eigenvalue weighted by atomic mass is 10.2. The van der Waals surface area contributed by atoms with Crippen molar-refractivity contribution in [2.24, 2.45) is 5.92 Å². The van der Waals surface area contributed by atoms with Gasteiger partial charge in [0.05, 0.1) is 5.69 Å². The number of nitrogens with zero attached hydrogens (tertiary/aromatic N) is 1. The first-order chi connectivity index (χ1) is 6.50. The van der Waals surface area contributed by atoms with Gasteiger partial charge in [-0.3, -0.25) is 4.79 Å². The van der Waals surface area contributed by atoms with Crippen LogP contribution in [-0.4, -0.2) is 10.9 Å². The number of rotatable bonds is 2. The highest BCUT2D eigenvalue weighted by molar-refractivity contribution is 5.91. The van der Waals surface area contributed by atoms with Crippen molar-refractivity contribution in [1.82, 2.24) is 4.98 Å². The molecular weight excluding hydrogens is 183 g/mol. The summed E-state index contributed by atoms with van der Waals surface area (Å²) in [5.74, 6) is -0.208. The average Bonchev–Trinajstić information content (AvgIpc) is 2.11. The fourth-order valence-corrected chi connectivity index (χ4v) is 0.884. The van der Waals surface area contributed by atoms with Crippen LogP contribution in [0.1, 0.15) is 19.5 Å². The van der Waals surface area contributed by atoms with Crippen LogP contribution >= 0.6 is 0 Å². The van der Waals surface area contributed by atoms with E-state index >= 15 is 0 Å². The van der Waals surface area contributed by atoms with Gasteiger partial charge in [0.2, 0.25) is 5.91 Å². The molecule has 0 saturated heterocycles. The molecule has 76 valence electrons. The molecule has 1 heterocycles. The van der Waals surface area contributed by atoms with E-state index in [-0.39, 0.29) is 23.3 Å². The summed E-state index contributed by atoms with van der Waals surface area (Å²) in [5, 5.41) is 2.59. The van der Waals surface area contributed by atoms with Crippen molar-refractivity contribution < 1.29 is 9.18 Å². The van der Waals surface area contributed by atoms with E-state index in [9.17, 15) is 9.18 Å². The van der Waals surface area contributed by atoms with Crippen molar-refractivity contribution in [3.8, 4) is 0 Å². The third-order valence-corrected chi connectivity index (χ3v) is 1.80. The first kappa shape index (κ1) is 10.6. The SMILES string of the molecule is Cc1nc(NC(=O)C(C)C)ccc1F. The molecule has 0 unspecified atom stereocenters. The zero-order valence-corrected chi connectivity index (χ0v) is 8.47. The summed E-state index contributed by atoms with van der Waals surface area (Å²) in [7, 11) is 0. The molecule has 1 aromatic heterocycles. The molecule has 3 nitrogen and oxygen atoms in total. The number of anilines is 1. The predicted octanol–water partition coefficient (Wildman–Crippen LogP) is 2.12. The van der Waals surface area contributed by atoms with Crippen molar-refractivity contribution in [3.05, 3.63) is 23.6 Å². The number of halogens is 1. The highest BCUT2D eigenvalue weighted by Gasteiger charge is 2.08. The van der Waals surface area contributed by atoms with Gasteiger partial charge in [-0.25, -0.2) is 9.37 Å². The quantitative estimate of drug-likeness (QED) is 0.787. The van der Waals surface area contributed by atoms with Crippen LogP contribution in [0, 0.1) is 18.7 Å². The lowest BCUT2D eigenvalue weighted by Crippen LogP contribution is -2.18. The first-order valence-electron chi connectivity index (χ1n) is 4.44. The smallest absolute Gasteiger partial charge is 0.228 e. The molecule has 1 N–H and O–H groups in total. The van der Waals surface area contributed by atoms with Crippen LogP contribution in [0.5, 0.6) is 0 Å². The van der Waals surface area contributed by atoms with Crippen molar-refractivity contribution >= 4 is 11.7 Å². The molecule has 14 heavy (non-hydrogen) atoms. The van der Waals surface area contributed by atoms with Crippen molar-refractivity contribution in [1.29, 1.82) is 0 Å². The number of pyridine rings is 1. The lowest BCUT2D eigenvalue weighted by molar-refractivity contribution is -0.118. The third-order valence-electron chi connectivity index (χ3n) is 1.80. The average molecular weight is 196 g/mol. The minimum atomic E-state index is -0.368. The minimum Gasteiger partial charge on any atom is -0.310 e. The summed E-state index contributed by atoms with van der Waals surface area (Å²) in [4.78, 5) is 15.2. The Hall–Kier alpha value is -1.45. The number of hydrogen-bond donors (Lipinski definition) is 1. The molecule has 1 amide bonds. The van der Waals surface area contributed by atoms with E-state index in [2.05, 4.69) is 10.3 Å². The van der Waals surface area contributed by atoms with Gasteiger partial charge in [0.1, 0.15) is 11.6 Å². The lowest BCUT2D eigenvalue weighted by Gasteiger charge is -2.07. The molecule has 0 radical (unpaired) electrons. The van der Waals surface area contributed by atoms with Crippen molar-refractivity contribution in [3.63, 3.8) is 0 Å². The van der Waals surface area contributed by atoms with Gasteiger partial charge in [0, 0.05) is 5.92 Å². The summed E-state index contributed by atoms with van der Waals surface area (Å²) in [6.45, 7) is 5.12. The Morgan fingerprint density at radius 1 is 1.50 bits per heavy atom. The van der Waals surface area contributed by atoms with Crippen LogP contribution in [0.15, 0.2) is 12.1 Å². The topological polar surface area (TPSA) is 42.0 Å². The maximum absolute atomic E-state index is 12.8. The van der Waals surface area contributed by atoms with Crippen LogP contribution in [0.25, 0.3) is 0 Å². The normalized spacial score (nSPS) is 10.4. The Bertz CT molecular complexity index is 350. The van der Waals surface area contributed by atoms with Crippen LogP contribution in [0.3, 0.4) is 0 Å². The summed E-state index contributed by atoms with van der Waals surface area (Å²) in [6.07, 6.45) is 0. The molecule has 0 spiro atoms. The Morgan fingerprint density at radius 3 is 2.64 bits per heavy atom. The maximum atomic E-state index is 12.8. The molecule has 0 fully saturated rings. The summed E-state index contributed by atoms with van der Waals surface area (Å²) >= 11 is 0. The second kappa shape index (κ2) is 4.17. The Kier molecular flexibility index (Phi) is 3.17. The van der Waals surface area contributed by atoms with E-state index in [0.717, 1.165) is 0 Å². The number of hydrogen-bond acceptors (Lipinski definition) is 2. The molecule has 4 heteroatoms. The van der Waals surface area contributed by atoms with Gasteiger partial charge < -0.3 is 5.32 Å². The monoisotopic (exact) mass is 196 g/mol. The Morgan fingerprint density at radius 2 is 2.14 bits per heavy atom. The zero-order valence-electron chi connectivity index (χ0n) is 8.47. The Labute approximate surface area is 82.4 Å². The zero-order chi connectivity index (χ0) is 10.7. The van der Waals surface area contributed by atoms with E-state index < -0.39 is 0 Å². The van der Waals surface area contributed by atoms with Crippen LogP contribution in [0.2, 0.25) is 0 Å². The number of aromatic nitrogens is 1. The third kappa shape index (κ3) is 2.52. The molecule has 1 rings (SSSR count). The second-order valence-electron chi connectivity index (χ2n) is 3.41. The van der Waals surface area contributed by atoms with Crippen molar-refractivity contribution in [2.45, 2.75) is 20.8 Å². The van der Waals surface area contributed by atoms with E-state index in [4.69, 9.17) is 0 Å². The van der Waals surface area contributed by atoms with E-state index in [1.165, 1.54) is 12.1 Å². The first-order valence-corrected chi connectivity index (χ1v) is 4.44. The van der Waals surface area contributed by atoms with Crippen LogP contribution in [0.4, 0.5) is 10.2 Å². The molecule has 0 saturated carbocycles. The van der Waals surface area contributed by atoms with Crippen LogP contribution in [-0.2, 0) is 4.79 Å². The van der Waals surface area contributed by atoms with Gasteiger partial charge in [-0.1, -0.05) is 13.8 Å². The molecule has 0 aromatic carbocycles. The molecule has 0 bridgehead atoms. The van der Waals surface area contributed by atoms with E-state index in [0.29, 0.717) is 5.82 Å². The molecule has 0 aliphatic rings. The highest BCUT2D eigenvalue weighted by atomic mass is 19.1. The number of carbonyl (C=O) groups excluding carboxylic acids is 1. The van der Waals surface area contributed by atoms with E-state index in [1.807, 2.05) is 0 Å². The molecule has 0 atom stereocenters. The number of nitrogens with one attached hydrogen (secondary N) is 1. The molecule has 0 aliphatic carbocycles. The van der Waals surface area contributed by atoms with E-state index in [1.54, 1.807) is 20.8 Å². The van der Waals surface area contributed by atoms with Gasteiger partial charge in [-0.05, 0) is 19.1 Å². The summed E-state index contributed by atoms with van der Waals surface area (Å²) in [5.41, 5.74) is 0.284. The highest BCUT2D eigenvalue weighted by Crippen LogP contribution is 2.09. The number of carbonyl (C=O) groups is 1.